The second-order valence-corrected chi connectivity index (χ2v) is 7.37. The number of carbonyl (C=O) groups is 1. The van der Waals surface area contributed by atoms with Crippen molar-refractivity contribution in [1.82, 2.24) is 5.43 Å². The molecule has 30 heavy (non-hydrogen) atoms. The molecule has 1 amide bonds. The van der Waals surface area contributed by atoms with E-state index in [9.17, 15) is 4.79 Å². The van der Waals surface area contributed by atoms with E-state index in [-0.39, 0.29) is 12.5 Å². The fraction of sp³-hybridized carbons (Fsp3) is 0.130. The van der Waals surface area contributed by atoms with Crippen LogP contribution in [0.1, 0.15) is 5.56 Å². The Balaban J connectivity index is 1.52. The van der Waals surface area contributed by atoms with Gasteiger partial charge in [-0.1, -0.05) is 42.5 Å². The molecule has 7 heteroatoms. The first-order chi connectivity index (χ1) is 14.6. The van der Waals surface area contributed by atoms with Gasteiger partial charge in [0, 0.05) is 0 Å². The second-order valence-electron chi connectivity index (χ2n) is 6.21. The van der Waals surface area contributed by atoms with Gasteiger partial charge in [-0.05, 0) is 63.5 Å². The highest BCUT2D eigenvalue weighted by Gasteiger charge is 2.09. The van der Waals surface area contributed by atoms with E-state index in [0.717, 1.165) is 20.3 Å². The maximum absolute atomic E-state index is 12.0. The molecule has 0 saturated carbocycles. The van der Waals surface area contributed by atoms with E-state index >= 15 is 0 Å². The molecule has 0 radical (unpaired) electrons. The van der Waals surface area contributed by atoms with Crippen molar-refractivity contribution in [3.05, 3.63) is 75.9 Å². The van der Waals surface area contributed by atoms with Crippen molar-refractivity contribution >= 4 is 34.7 Å². The van der Waals surface area contributed by atoms with Crippen LogP contribution in [0.3, 0.4) is 0 Å². The molecule has 154 valence electrons. The van der Waals surface area contributed by atoms with E-state index in [4.69, 9.17) is 14.2 Å². The minimum atomic E-state index is -0.353. The monoisotopic (exact) mass is 516 g/mol. The largest absolute Gasteiger partial charge is 0.493 e. The second kappa shape index (κ2) is 10.6. The lowest BCUT2D eigenvalue weighted by atomic mass is 10.1. The molecule has 0 heterocycles. The van der Waals surface area contributed by atoms with Gasteiger partial charge in [-0.15, -0.1) is 0 Å². The highest BCUT2D eigenvalue weighted by Crippen LogP contribution is 2.33. The van der Waals surface area contributed by atoms with Crippen molar-refractivity contribution in [2.75, 3.05) is 20.8 Å². The third kappa shape index (κ3) is 5.73. The maximum Gasteiger partial charge on any atom is 0.277 e. The molecule has 0 bridgehead atoms. The summed E-state index contributed by atoms with van der Waals surface area (Å²) in [6.45, 7) is -0.133. The number of benzene rings is 3. The van der Waals surface area contributed by atoms with Gasteiger partial charge >= 0.3 is 0 Å². The topological polar surface area (TPSA) is 69.2 Å². The molecule has 6 nitrogen and oxygen atoms in total. The molecule has 0 aromatic heterocycles. The van der Waals surface area contributed by atoms with Crippen LogP contribution in [-0.4, -0.2) is 32.9 Å². The number of ether oxygens (including phenoxy) is 3. The number of methoxy groups -OCH3 is 2. The van der Waals surface area contributed by atoms with Gasteiger partial charge in [-0.2, -0.15) is 5.10 Å². The SMILES string of the molecule is COc1cc(/C=N/NC(=O)COc2ccc(-c3ccccc3)cc2)cc(I)c1OC. The molecular formula is C23H21IN2O4. The number of halogens is 1. The fourth-order valence-electron chi connectivity index (χ4n) is 2.75. The standard InChI is InChI=1S/C23H21IN2O4/c1-28-21-13-16(12-20(24)23(21)29-2)14-25-26-22(27)15-30-19-10-8-18(9-11-19)17-6-4-3-5-7-17/h3-14H,15H2,1-2H3,(H,26,27)/b25-14+. The van der Waals surface area contributed by atoms with Crippen molar-refractivity contribution < 1.29 is 19.0 Å². The van der Waals surface area contributed by atoms with Crippen LogP contribution in [0.4, 0.5) is 0 Å². The van der Waals surface area contributed by atoms with Crippen molar-refractivity contribution in [3.8, 4) is 28.4 Å². The maximum atomic E-state index is 12.0. The first-order valence-corrected chi connectivity index (χ1v) is 10.2. The predicted octanol–water partition coefficient (Wildman–Crippen LogP) is 4.50. The Morgan fingerprint density at radius 2 is 1.70 bits per heavy atom. The van der Waals surface area contributed by atoms with Crippen LogP contribution >= 0.6 is 22.6 Å². The minimum Gasteiger partial charge on any atom is -0.493 e. The van der Waals surface area contributed by atoms with E-state index in [1.807, 2.05) is 60.7 Å². The molecule has 0 saturated heterocycles. The quantitative estimate of drug-likeness (QED) is 0.272. The Morgan fingerprint density at radius 3 is 2.37 bits per heavy atom. The van der Waals surface area contributed by atoms with Crippen LogP contribution in [0.15, 0.2) is 71.8 Å². The van der Waals surface area contributed by atoms with Gasteiger partial charge in [-0.3, -0.25) is 4.79 Å². The van der Waals surface area contributed by atoms with Crippen LogP contribution in [0.25, 0.3) is 11.1 Å². The molecule has 0 aliphatic heterocycles. The Morgan fingerprint density at radius 1 is 1.00 bits per heavy atom. The number of amides is 1. The number of rotatable bonds is 8. The van der Waals surface area contributed by atoms with Gasteiger partial charge in [0.2, 0.25) is 0 Å². The van der Waals surface area contributed by atoms with Crippen LogP contribution in [-0.2, 0) is 4.79 Å². The van der Waals surface area contributed by atoms with Crippen LogP contribution in [0, 0.1) is 3.57 Å². The zero-order valence-electron chi connectivity index (χ0n) is 16.6. The Bertz CT molecular complexity index is 1020. The summed E-state index contributed by atoms with van der Waals surface area (Å²) in [6, 6.07) is 21.3. The molecule has 0 fully saturated rings. The molecule has 0 atom stereocenters. The summed E-state index contributed by atoms with van der Waals surface area (Å²) in [5.74, 6) is 1.52. The normalized spacial score (nSPS) is 10.6. The molecule has 3 aromatic carbocycles. The molecule has 0 aliphatic carbocycles. The summed E-state index contributed by atoms with van der Waals surface area (Å²) in [5, 5.41) is 3.98. The number of hydrazone groups is 1. The van der Waals surface area contributed by atoms with Gasteiger partial charge in [0.15, 0.2) is 18.1 Å². The molecule has 3 aromatic rings. The summed E-state index contributed by atoms with van der Waals surface area (Å²) < 4.78 is 17.0. The first kappa shape index (κ1) is 21.6. The Hall–Kier alpha value is -3.07. The van der Waals surface area contributed by atoms with Gasteiger partial charge in [-0.25, -0.2) is 5.43 Å². The highest BCUT2D eigenvalue weighted by molar-refractivity contribution is 14.1. The lowest BCUT2D eigenvalue weighted by Gasteiger charge is -2.10. The lowest BCUT2D eigenvalue weighted by molar-refractivity contribution is -0.123. The zero-order chi connectivity index (χ0) is 21.3. The van der Waals surface area contributed by atoms with Crippen molar-refractivity contribution in [3.63, 3.8) is 0 Å². The summed E-state index contributed by atoms with van der Waals surface area (Å²) in [7, 11) is 3.16. The molecule has 3 rings (SSSR count). The minimum absolute atomic E-state index is 0.133. The predicted molar refractivity (Wildman–Crippen MR) is 125 cm³/mol. The fourth-order valence-corrected chi connectivity index (χ4v) is 3.59. The van der Waals surface area contributed by atoms with E-state index in [1.54, 1.807) is 20.3 Å². The Labute approximate surface area is 189 Å². The van der Waals surface area contributed by atoms with Gasteiger partial charge in [0.25, 0.3) is 5.91 Å². The third-order valence-corrected chi connectivity index (χ3v) is 4.99. The lowest BCUT2D eigenvalue weighted by Crippen LogP contribution is -2.24. The number of hydrogen-bond acceptors (Lipinski definition) is 5. The number of carbonyl (C=O) groups excluding carboxylic acids is 1. The molecule has 0 spiro atoms. The number of nitrogens with one attached hydrogen (secondary N) is 1. The van der Waals surface area contributed by atoms with E-state index in [2.05, 4.69) is 33.1 Å². The van der Waals surface area contributed by atoms with Crippen LogP contribution < -0.4 is 19.6 Å². The smallest absolute Gasteiger partial charge is 0.277 e. The van der Waals surface area contributed by atoms with Gasteiger partial charge in [0.05, 0.1) is 24.0 Å². The molecule has 0 aliphatic rings. The van der Waals surface area contributed by atoms with Crippen molar-refractivity contribution in [2.24, 2.45) is 5.10 Å². The first-order valence-electron chi connectivity index (χ1n) is 9.12. The van der Waals surface area contributed by atoms with E-state index < -0.39 is 0 Å². The molecule has 1 N–H and O–H groups in total. The van der Waals surface area contributed by atoms with Gasteiger partial charge < -0.3 is 14.2 Å². The average molecular weight is 516 g/mol. The number of nitrogens with zero attached hydrogens (tertiary/aromatic N) is 1. The molecular weight excluding hydrogens is 495 g/mol. The zero-order valence-corrected chi connectivity index (χ0v) is 18.8. The van der Waals surface area contributed by atoms with E-state index in [1.165, 1.54) is 6.21 Å². The van der Waals surface area contributed by atoms with Crippen LogP contribution in [0.2, 0.25) is 0 Å². The Kier molecular flexibility index (Phi) is 7.67. The average Bonchev–Trinajstić information content (AvgIpc) is 2.78. The van der Waals surface area contributed by atoms with Gasteiger partial charge in [0.1, 0.15) is 5.75 Å². The summed E-state index contributed by atoms with van der Waals surface area (Å²) >= 11 is 2.15. The van der Waals surface area contributed by atoms with E-state index in [0.29, 0.717) is 17.2 Å². The summed E-state index contributed by atoms with van der Waals surface area (Å²) in [5.41, 5.74) is 5.44. The molecule has 0 unspecified atom stereocenters. The van der Waals surface area contributed by atoms with Crippen molar-refractivity contribution in [1.29, 1.82) is 0 Å². The third-order valence-electron chi connectivity index (χ3n) is 4.19. The van der Waals surface area contributed by atoms with Crippen molar-refractivity contribution in [2.45, 2.75) is 0 Å². The number of hydrogen-bond donors (Lipinski definition) is 1. The summed E-state index contributed by atoms with van der Waals surface area (Å²) in [4.78, 5) is 12.0. The van der Waals surface area contributed by atoms with Crippen LogP contribution in [0.5, 0.6) is 17.2 Å². The highest BCUT2D eigenvalue weighted by atomic mass is 127. The summed E-state index contributed by atoms with van der Waals surface area (Å²) in [6.07, 6.45) is 1.54.